The van der Waals surface area contributed by atoms with Crippen LogP contribution in [0, 0.1) is 6.92 Å². The van der Waals surface area contributed by atoms with Crippen LogP contribution in [0.1, 0.15) is 42.6 Å². The molecule has 0 spiro atoms. The number of nitrogens with one attached hydrogen (secondary N) is 1. The Morgan fingerprint density at radius 3 is 2.60 bits per heavy atom. The summed E-state index contributed by atoms with van der Waals surface area (Å²) in [4.78, 5) is 14.8. The van der Waals surface area contributed by atoms with E-state index in [-0.39, 0.29) is 11.9 Å². The van der Waals surface area contributed by atoms with Gasteiger partial charge in [-0.05, 0) is 51.3 Å². The molecule has 4 nitrogen and oxygen atoms in total. The van der Waals surface area contributed by atoms with Gasteiger partial charge in [-0.1, -0.05) is 6.07 Å². The fourth-order valence-corrected chi connectivity index (χ4v) is 2.72. The van der Waals surface area contributed by atoms with Crippen molar-refractivity contribution >= 4 is 11.6 Å². The van der Waals surface area contributed by atoms with Crippen molar-refractivity contribution < 1.29 is 4.79 Å². The van der Waals surface area contributed by atoms with Gasteiger partial charge in [-0.25, -0.2) is 0 Å². The molecule has 2 rings (SSSR count). The van der Waals surface area contributed by atoms with Crippen LogP contribution in [0.5, 0.6) is 0 Å². The molecule has 1 saturated heterocycles. The number of carbonyl (C=O) groups excluding carboxylic acids is 1. The van der Waals surface area contributed by atoms with Crippen LogP contribution in [0.3, 0.4) is 0 Å². The van der Waals surface area contributed by atoms with Crippen LogP contribution in [-0.2, 0) is 0 Å². The molecule has 0 aromatic heterocycles. The first kappa shape index (κ1) is 14.9. The van der Waals surface area contributed by atoms with Crippen LogP contribution in [0.2, 0.25) is 0 Å². The highest BCUT2D eigenvalue weighted by atomic mass is 16.1. The first-order valence-electron chi connectivity index (χ1n) is 7.39. The van der Waals surface area contributed by atoms with Crippen molar-refractivity contribution in [1.82, 2.24) is 10.2 Å². The van der Waals surface area contributed by atoms with Crippen molar-refractivity contribution in [3.8, 4) is 0 Å². The normalized spacial score (nSPS) is 17.4. The second-order valence-corrected chi connectivity index (χ2v) is 5.90. The highest BCUT2D eigenvalue weighted by molar-refractivity contribution is 5.97. The van der Waals surface area contributed by atoms with Crippen molar-refractivity contribution in [2.45, 2.75) is 45.7 Å². The Labute approximate surface area is 121 Å². The van der Waals surface area contributed by atoms with E-state index in [4.69, 9.17) is 5.73 Å². The van der Waals surface area contributed by atoms with Gasteiger partial charge in [0, 0.05) is 36.4 Å². The van der Waals surface area contributed by atoms with E-state index in [9.17, 15) is 4.79 Å². The van der Waals surface area contributed by atoms with E-state index in [0.717, 1.165) is 31.5 Å². The molecule has 1 aromatic rings. The van der Waals surface area contributed by atoms with Gasteiger partial charge in [0.2, 0.25) is 0 Å². The number of likely N-dealkylation sites (tertiary alicyclic amines) is 1. The van der Waals surface area contributed by atoms with Gasteiger partial charge >= 0.3 is 0 Å². The number of carbonyl (C=O) groups is 1. The van der Waals surface area contributed by atoms with E-state index in [1.807, 2.05) is 25.1 Å². The third-order valence-corrected chi connectivity index (χ3v) is 4.22. The second kappa shape index (κ2) is 6.27. The number of rotatable bonds is 3. The topological polar surface area (TPSA) is 58.4 Å². The van der Waals surface area contributed by atoms with Crippen molar-refractivity contribution in [1.29, 1.82) is 0 Å². The average molecular weight is 275 g/mol. The minimum atomic E-state index is -0.00204. The number of nitrogens with two attached hydrogens (primary N) is 1. The van der Waals surface area contributed by atoms with E-state index in [1.165, 1.54) is 0 Å². The number of anilines is 1. The molecule has 0 radical (unpaired) electrons. The van der Waals surface area contributed by atoms with Crippen LogP contribution < -0.4 is 11.1 Å². The third-order valence-electron chi connectivity index (χ3n) is 4.22. The SMILES string of the molecule is Cc1c(N)cccc1C(=O)NC1CCN(C(C)C)CC1. The van der Waals surface area contributed by atoms with Gasteiger partial charge in [0.1, 0.15) is 0 Å². The molecule has 1 heterocycles. The maximum absolute atomic E-state index is 12.3. The zero-order valence-electron chi connectivity index (χ0n) is 12.6. The Kier molecular flexibility index (Phi) is 4.65. The predicted molar refractivity (Wildman–Crippen MR) is 82.8 cm³/mol. The number of nitrogens with zero attached hydrogens (tertiary/aromatic N) is 1. The fourth-order valence-electron chi connectivity index (χ4n) is 2.72. The lowest BCUT2D eigenvalue weighted by atomic mass is 10.0. The zero-order chi connectivity index (χ0) is 14.7. The number of piperidine rings is 1. The van der Waals surface area contributed by atoms with Gasteiger partial charge in [0.05, 0.1) is 0 Å². The average Bonchev–Trinajstić information content (AvgIpc) is 2.42. The standard InChI is InChI=1S/C16H25N3O/c1-11(2)19-9-7-13(8-10-19)18-16(20)14-5-4-6-15(17)12(14)3/h4-6,11,13H,7-10,17H2,1-3H3,(H,18,20). The summed E-state index contributed by atoms with van der Waals surface area (Å²) in [6.45, 7) is 8.44. The summed E-state index contributed by atoms with van der Waals surface area (Å²) in [6.07, 6.45) is 2.04. The van der Waals surface area contributed by atoms with Crippen molar-refractivity contribution in [2.24, 2.45) is 0 Å². The Hall–Kier alpha value is -1.55. The van der Waals surface area contributed by atoms with Gasteiger partial charge in [-0.2, -0.15) is 0 Å². The van der Waals surface area contributed by atoms with E-state index >= 15 is 0 Å². The lowest BCUT2D eigenvalue weighted by Crippen LogP contribution is -2.46. The molecule has 0 unspecified atom stereocenters. The maximum atomic E-state index is 12.3. The van der Waals surface area contributed by atoms with Crippen molar-refractivity contribution in [2.75, 3.05) is 18.8 Å². The molecule has 0 bridgehead atoms. The van der Waals surface area contributed by atoms with E-state index in [0.29, 0.717) is 17.3 Å². The molecular weight excluding hydrogens is 250 g/mol. The first-order valence-corrected chi connectivity index (χ1v) is 7.39. The summed E-state index contributed by atoms with van der Waals surface area (Å²) >= 11 is 0. The molecule has 1 fully saturated rings. The quantitative estimate of drug-likeness (QED) is 0.831. The largest absolute Gasteiger partial charge is 0.398 e. The zero-order valence-corrected chi connectivity index (χ0v) is 12.6. The Morgan fingerprint density at radius 2 is 2.00 bits per heavy atom. The molecule has 1 aromatic carbocycles. The van der Waals surface area contributed by atoms with E-state index < -0.39 is 0 Å². The summed E-state index contributed by atoms with van der Waals surface area (Å²) in [5, 5.41) is 3.14. The number of nitrogen functional groups attached to an aromatic ring is 1. The summed E-state index contributed by atoms with van der Waals surface area (Å²) in [5.41, 5.74) is 8.09. The molecule has 20 heavy (non-hydrogen) atoms. The Bertz CT molecular complexity index is 477. The van der Waals surface area contributed by atoms with Crippen LogP contribution >= 0.6 is 0 Å². The molecule has 0 saturated carbocycles. The summed E-state index contributed by atoms with van der Waals surface area (Å²) in [6, 6.07) is 6.36. The molecule has 1 aliphatic heterocycles. The lowest BCUT2D eigenvalue weighted by Gasteiger charge is -2.34. The van der Waals surface area contributed by atoms with Gasteiger partial charge < -0.3 is 16.0 Å². The smallest absolute Gasteiger partial charge is 0.251 e. The van der Waals surface area contributed by atoms with Crippen molar-refractivity contribution in [3.05, 3.63) is 29.3 Å². The highest BCUT2D eigenvalue weighted by Gasteiger charge is 2.22. The summed E-state index contributed by atoms with van der Waals surface area (Å²) < 4.78 is 0. The highest BCUT2D eigenvalue weighted by Crippen LogP contribution is 2.17. The first-order chi connectivity index (χ1) is 9.49. The van der Waals surface area contributed by atoms with Gasteiger partial charge in [-0.3, -0.25) is 4.79 Å². The summed E-state index contributed by atoms with van der Waals surface area (Å²) in [5.74, 6) is -0.00204. The van der Waals surface area contributed by atoms with Gasteiger partial charge in [-0.15, -0.1) is 0 Å². The lowest BCUT2D eigenvalue weighted by molar-refractivity contribution is 0.0900. The Morgan fingerprint density at radius 1 is 1.35 bits per heavy atom. The molecule has 110 valence electrons. The molecule has 0 aliphatic carbocycles. The molecule has 4 heteroatoms. The number of benzene rings is 1. The van der Waals surface area contributed by atoms with E-state index in [1.54, 1.807) is 0 Å². The van der Waals surface area contributed by atoms with Gasteiger partial charge in [0.15, 0.2) is 0 Å². The van der Waals surface area contributed by atoms with Crippen LogP contribution in [0.15, 0.2) is 18.2 Å². The van der Waals surface area contributed by atoms with Crippen LogP contribution in [0.25, 0.3) is 0 Å². The third kappa shape index (κ3) is 3.31. The van der Waals surface area contributed by atoms with E-state index in [2.05, 4.69) is 24.1 Å². The monoisotopic (exact) mass is 275 g/mol. The number of hydrogen-bond donors (Lipinski definition) is 2. The molecule has 3 N–H and O–H groups in total. The molecule has 0 atom stereocenters. The number of amides is 1. The second-order valence-electron chi connectivity index (χ2n) is 5.90. The molecule has 1 amide bonds. The summed E-state index contributed by atoms with van der Waals surface area (Å²) in [7, 11) is 0. The number of hydrogen-bond acceptors (Lipinski definition) is 3. The fraction of sp³-hybridized carbons (Fsp3) is 0.562. The minimum absolute atomic E-state index is 0.00204. The minimum Gasteiger partial charge on any atom is -0.398 e. The maximum Gasteiger partial charge on any atom is 0.251 e. The molecule has 1 aliphatic rings. The van der Waals surface area contributed by atoms with Crippen molar-refractivity contribution in [3.63, 3.8) is 0 Å². The molecular formula is C16H25N3O. The van der Waals surface area contributed by atoms with Gasteiger partial charge in [0.25, 0.3) is 5.91 Å². The van der Waals surface area contributed by atoms with Crippen LogP contribution in [-0.4, -0.2) is 36.0 Å². The Balaban J connectivity index is 1.94. The predicted octanol–water partition coefficient (Wildman–Crippen LogP) is 2.18. The van der Waals surface area contributed by atoms with Crippen LogP contribution in [0.4, 0.5) is 5.69 Å².